The molecule has 1 N–H and O–H groups in total. The van der Waals surface area contributed by atoms with Crippen LogP contribution < -0.4 is 4.90 Å². The molecule has 7 nitrogen and oxygen atoms in total. The van der Waals surface area contributed by atoms with Gasteiger partial charge in [-0.1, -0.05) is 0 Å². The second kappa shape index (κ2) is 4.25. The summed E-state index contributed by atoms with van der Waals surface area (Å²) in [6.07, 6.45) is 2.17. The molecule has 0 saturated carbocycles. The summed E-state index contributed by atoms with van der Waals surface area (Å²) < 4.78 is 1.43. The molecule has 3 heterocycles. The lowest BCUT2D eigenvalue weighted by Gasteiger charge is -2.32. The second-order valence-corrected chi connectivity index (χ2v) is 4.35. The van der Waals surface area contributed by atoms with E-state index in [9.17, 15) is 5.11 Å². The topological polar surface area (TPSA) is 79.4 Å². The summed E-state index contributed by atoms with van der Waals surface area (Å²) in [4.78, 5) is 2.17. The summed E-state index contributed by atoms with van der Waals surface area (Å²) in [5.74, 6) is 1.21. The van der Waals surface area contributed by atoms with Crippen molar-refractivity contribution in [1.82, 2.24) is 25.3 Å². The van der Waals surface area contributed by atoms with E-state index < -0.39 is 0 Å². The zero-order valence-corrected chi connectivity index (χ0v) is 9.40. The average molecular weight is 234 g/mol. The highest BCUT2D eigenvalue weighted by molar-refractivity contribution is 5.44. The smallest absolute Gasteiger partial charge is 0.200 e. The van der Waals surface area contributed by atoms with Crippen LogP contribution in [-0.2, 0) is 0 Å². The number of hydrogen-bond acceptors (Lipinski definition) is 6. The number of rotatable bonds is 2. The number of aliphatic hydroxyl groups excluding tert-OH is 1. The molecule has 0 aromatic carbocycles. The predicted molar refractivity (Wildman–Crippen MR) is 60.6 cm³/mol. The second-order valence-electron chi connectivity index (χ2n) is 4.35. The zero-order valence-electron chi connectivity index (χ0n) is 9.40. The summed E-state index contributed by atoms with van der Waals surface area (Å²) >= 11 is 0. The van der Waals surface area contributed by atoms with Gasteiger partial charge in [-0.25, -0.2) is 0 Å². The molecule has 17 heavy (non-hydrogen) atoms. The number of nitrogens with zero attached hydrogens (tertiary/aromatic N) is 6. The maximum atomic E-state index is 9.21. The predicted octanol–water partition coefficient (Wildman–Crippen LogP) is -0.272. The van der Waals surface area contributed by atoms with E-state index in [4.69, 9.17) is 0 Å². The Morgan fingerprint density at radius 1 is 1.41 bits per heavy atom. The van der Waals surface area contributed by atoms with Gasteiger partial charge in [0.1, 0.15) is 0 Å². The van der Waals surface area contributed by atoms with E-state index >= 15 is 0 Å². The SMILES string of the molecule is OC[C@H]1CCCN(c2ccc3nnnn3n2)C1. The van der Waals surface area contributed by atoms with Crippen molar-refractivity contribution >= 4 is 11.5 Å². The Morgan fingerprint density at radius 3 is 3.24 bits per heavy atom. The molecule has 0 unspecified atom stereocenters. The van der Waals surface area contributed by atoms with Crippen molar-refractivity contribution in [2.24, 2.45) is 5.92 Å². The number of hydrogen-bond donors (Lipinski definition) is 1. The minimum absolute atomic E-state index is 0.240. The number of piperidine rings is 1. The normalized spacial score (nSPS) is 21.0. The van der Waals surface area contributed by atoms with Gasteiger partial charge in [-0.05, 0) is 41.3 Å². The molecule has 2 aromatic rings. The molecule has 1 saturated heterocycles. The lowest BCUT2D eigenvalue weighted by molar-refractivity contribution is 0.208. The van der Waals surface area contributed by atoms with Crippen molar-refractivity contribution in [3.63, 3.8) is 0 Å². The number of aliphatic hydroxyl groups is 1. The molecule has 7 heteroatoms. The summed E-state index contributed by atoms with van der Waals surface area (Å²) in [6, 6.07) is 3.77. The molecule has 1 aliphatic heterocycles. The number of anilines is 1. The van der Waals surface area contributed by atoms with Gasteiger partial charge in [-0.2, -0.15) is 0 Å². The van der Waals surface area contributed by atoms with Crippen LogP contribution in [0.3, 0.4) is 0 Å². The third-order valence-corrected chi connectivity index (χ3v) is 3.16. The van der Waals surface area contributed by atoms with Crippen LogP contribution in [0.25, 0.3) is 5.65 Å². The van der Waals surface area contributed by atoms with Crippen LogP contribution in [0.5, 0.6) is 0 Å². The molecule has 0 aliphatic carbocycles. The third-order valence-electron chi connectivity index (χ3n) is 3.16. The fraction of sp³-hybridized carbons (Fsp3) is 0.600. The number of tetrazole rings is 1. The van der Waals surface area contributed by atoms with E-state index in [2.05, 4.69) is 25.5 Å². The summed E-state index contributed by atoms with van der Waals surface area (Å²) in [5.41, 5.74) is 0.643. The summed E-state index contributed by atoms with van der Waals surface area (Å²) in [5, 5.41) is 24.7. The minimum atomic E-state index is 0.240. The molecule has 0 bridgehead atoms. The Kier molecular flexibility index (Phi) is 2.60. The highest BCUT2D eigenvalue weighted by atomic mass is 16.3. The first-order valence-electron chi connectivity index (χ1n) is 5.78. The quantitative estimate of drug-likeness (QED) is 0.770. The van der Waals surface area contributed by atoms with Crippen LogP contribution in [0, 0.1) is 5.92 Å². The van der Waals surface area contributed by atoms with Gasteiger partial charge in [0.2, 0.25) is 0 Å². The first-order valence-corrected chi connectivity index (χ1v) is 5.78. The molecule has 1 aliphatic rings. The van der Waals surface area contributed by atoms with Crippen LogP contribution in [0.4, 0.5) is 5.82 Å². The Morgan fingerprint density at radius 2 is 2.35 bits per heavy atom. The Balaban J connectivity index is 1.86. The molecule has 3 rings (SSSR count). The van der Waals surface area contributed by atoms with Crippen molar-refractivity contribution in [3.8, 4) is 0 Å². The van der Waals surface area contributed by atoms with Gasteiger partial charge in [-0.15, -0.1) is 14.8 Å². The van der Waals surface area contributed by atoms with Gasteiger partial charge in [0.25, 0.3) is 0 Å². The van der Waals surface area contributed by atoms with Crippen LogP contribution in [0.15, 0.2) is 12.1 Å². The highest BCUT2D eigenvalue weighted by Gasteiger charge is 2.20. The third kappa shape index (κ3) is 1.93. The lowest BCUT2D eigenvalue weighted by Crippen LogP contribution is -2.37. The zero-order chi connectivity index (χ0) is 11.7. The van der Waals surface area contributed by atoms with Gasteiger partial charge in [0.15, 0.2) is 11.5 Å². The number of fused-ring (bicyclic) bond motifs is 1. The van der Waals surface area contributed by atoms with E-state index in [1.807, 2.05) is 12.1 Å². The molecule has 2 aromatic heterocycles. The first kappa shape index (κ1) is 10.4. The standard InChI is InChI=1S/C10H14N6O/c17-7-8-2-1-5-15(6-8)10-4-3-9-11-13-14-16(9)12-10/h3-4,8,17H,1-2,5-7H2/t8-/m0/s1. The van der Waals surface area contributed by atoms with Crippen LogP contribution in [0.1, 0.15) is 12.8 Å². The molecule has 1 fully saturated rings. The molecular formula is C10H14N6O. The number of aromatic nitrogens is 5. The summed E-state index contributed by atoms with van der Waals surface area (Å²) in [7, 11) is 0. The fourth-order valence-electron chi connectivity index (χ4n) is 2.23. The van der Waals surface area contributed by atoms with Gasteiger partial charge in [0.05, 0.1) is 0 Å². The van der Waals surface area contributed by atoms with Gasteiger partial charge in [0, 0.05) is 19.7 Å². The van der Waals surface area contributed by atoms with Crippen LogP contribution in [0.2, 0.25) is 0 Å². The summed E-state index contributed by atoms with van der Waals surface area (Å²) in [6.45, 7) is 2.05. The largest absolute Gasteiger partial charge is 0.396 e. The molecule has 1 atom stereocenters. The van der Waals surface area contributed by atoms with Gasteiger partial charge < -0.3 is 10.0 Å². The Bertz CT molecular complexity index is 512. The Hall–Kier alpha value is -1.76. The monoisotopic (exact) mass is 234 g/mol. The van der Waals surface area contributed by atoms with Gasteiger partial charge >= 0.3 is 0 Å². The molecule has 90 valence electrons. The van der Waals surface area contributed by atoms with Crippen molar-refractivity contribution in [2.45, 2.75) is 12.8 Å². The van der Waals surface area contributed by atoms with E-state index in [1.165, 1.54) is 4.63 Å². The van der Waals surface area contributed by atoms with Crippen molar-refractivity contribution in [3.05, 3.63) is 12.1 Å². The minimum Gasteiger partial charge on any atom is -0.396 e. The van der Waals surface area contributed by atoms with E-state index in [-0.39, 0.29) is 6.61 Å². The fourth-order valence-corrected chi connectivity index (χ4v) is 2.23. The lowest BCUT2D eigenvalue weighted by atomic mass is 9.99. The highest BCUT2D eigenvalue weighted by Crippen LogP contribution is 2.20. The maximum absolute atomic E-state index is 9.21. The van der Waals surface area contributed by atoms with Crippen molar-refractivity contribution in [2.75, 3.05) is 24.6 Å². The van der Waals surface area contributed by atoms with Crippen LogP contribution >= 0.6 is 0 Å². The van der Waals surface area contributed by atoms with Crippen molar-refractivity contribution in [1.29, 1.82) is 0 Å². The average Bonchev–Trinajstić information content (AvgIpc) is 2.86. The van der Waals surface area contributed by atoms with E-state index in [0.717, 1.165) is 31.7 Å². The van der Waals surface area contributed by atoms with Crippen molar-refractivity contribution < 1.29 is 5.11 Å². The Labute approximate surface area is 98.0 Å². The first-order chi connectivity index (χ1) is 8.36. The molecular weight excluding hydrogens is 220 g/mol. The maximum Gasteiger partial charge on any atom is 0.200 e. The van der Waals surface area contributed by atoms with Gasteiger partial charge in [-0.3, -0.25) is 0 Å². The van der Waals surface area contributed by atoms with E-state index in [0.29, 0.717) is 11.6 Å². The van der Waals surface area contributed by atoms with Crippen LogP contribution in [-0.4, -0.2) is 50.1 Å². The molecule has 0 amide bonds. The molecule has 0 spiro atoms. The van der Waals surface area contributed by atoms with E-state index in [1.54, 1.807) is 0 Å². The molecule has 0 radical (unpaired) electrons.